The van der Waals surface area contributed by atoms with E-state index in [2.05, 4.69) is 0 Å². The zero-order valence-corrected chi connectivity index (χ0v) is 16.0. The summed E-state index contributed by atoms with van der Waals surface area (Å²) in [4.78, 5) is 37.6. The van der Waals surface area contributed by atoms with E-state index in [9.17, 15) is 14.4 Å². The number of carbonyl (C=O) groups excluding carboxylic acids is 2. The highest BCUT2D eigenvalue weighted by Gasteiger charge is 2.34. The first-order valence-corrected chi connectivity index (χ1v) is 9.58. The van der Waals surface area contributed by atoms with Crippen molar-refractivity contribution in [2.45, 2.75) is 26.0 Å². The van der Waals surface area contributed by atoms with Gasteiger partial charge in [0, 0.05) is 0 Å². The summed E-state index contributed by atoms with van der Waals surface area (Å²) in [5, 5.41) is 8.80. The molecular weight excluding hydrogens is 378 g/mol. The Morgan fingerprint density at radius 3 is 2.61 bits per heavy atom. The van der Waals surface area contributed by atoms with Gasteiger partial charge < -0.3 is 9.84 Å². The predicted molar refractivity (Wildman–Crippen MR) is 107 cm³/mol. The Labute approximate surface area is 166 Å². The van der Waals surface area contributed by atoms with Crippen LogP contribution in [-0.4, -0.2) is 33.2 Å². The number of thioether (sulfide) groups is 1. The Hall–Kier alpha value is -3.06. The minimum absolute atomic E-state index is 0.225. The van der Waals surface area contributed by atoms with E-state index in [1.807, 2.05) is 30.3 Å². The number of rotatable bonds is 7. The molecule has 1 N–H and O–H groups in total. The number of hydrogen-bond donors (Lipinski definition) is 1. The van der Waals surface area contributed by atoms with Crippen LogP contribution in [0, 0.1) is 0 Å². The Morgan fingerprint density at radius 1 is 1.18 bits per heavy atom. The van der Waals surface area contributed by atoms with Crippen molar-refractivity contribution >= 4 is 35.0 Å². The topological polar surface area (TPSA) is 83.9 Å². The molecule has 28 heavy (non-hydrogen) atoms. The van der Waals surface area contributed by atoms with Gasteiger partial charge in [-0.3, -0.25) is 14.5 Å². The van der Waals surface area contributed by atoms with Gasteiger partial charge in [-0.1, -0.05) is 49.4 Å². The van der Waals surface area contributed by atoms with Gasteiger partial charge in [0.15, 0.2) is 6.10 Å². The van der Waals surface area contributed by atoms with Crippen molar-refractivity contribution in [2.75, 3.05) is 0 Å². The average Bonchev–Trinajstić information content (AvgIpc) is 2.94. The summed E-state index contributed by atoms with van der Waals surface area (Å²) in [7, 11) is 0. The fourth-order valence-corrected chi connectivity index (χ4v) is 3.54. The Morgan fingerprint density at radius 2 is 1.93 bits per heavy atom. The largest absolute Gasteiger partial charge is 0.479 e. The normalized spacial score (nSPS) is 16.5. The third-order valence-corrected chi connectivity index (χ3v) is 5.04. The zero-order chi connectivity index (χ0) is 20.1. The summed E-state index contributed by atoms with van der Waals surface area (Å²) in [6.45, 7) is 1.95. The molecule has 1 unspecified atom stereocenters. The fourth-order valence-electron chi connectivity index (χ4n) is 2.70. The molecule has 0 bridgehead atoms. The van der Waals surface area contributed by atoms with E-state index >= 15 is 0 Å². The molecule has 1 atom stereocenters. The lowest BCUT2D eigenvalue weighted by Gasteiger charge is -2.13. The molecule has 0 aliphatic carbocycles. The van der Waals surface area contributed by atoms with Crippen molar-refractivity contribution in [1.82, 2.24) is 4.90 Å². The lowest BCUT2D eigenvalue weighted by molar-refractivity contribution is -0.145. The van der Waals surface area contributed by atoms with Crippen molar-refractivity contribution in [3.05, 3.63) is 70.6 Å². The summed E-state index contributed by atoms with van der Waals surface area (Å²) in [5.41, 5.74) is 1.53. The Balaban J connectivity index is 1.76. The highest BCUT2D eigenvalue weighted by molar-refractivity contribution is 8.18. The van der Waals surface area contributed by atoms with Gasteiger partial charge in [0.25, 0.3) is 11.1 Å². The van der Waals surface area contributed by atoms with Crippen molar-refractivity contribution in [1.29, 1.82) is 0 Å². The lowest BCUT2D eigenvalue weighted by atomic mass is 10.2. The van der Waals surface area contributed by atoms with E-state index in [-0.39, 0.29) is 17.7 Å². The van der Waals surface area contributed by atoms with Crippen LogP contribution in [0.1, 0.15) is 24.5 Å². The molecule has 2 aromatic rings. The van der Waals surface area contributed by atoms with Gasteiger partial charge in [0.05, 0.1) is 11.4 Å². The smallest absolute Gasteiger partial charge is 0.344 e. The van der Waals surface area contributed by atoms with Gasteiger partial charge in [0.1, 0.15) is 5.75 Å². The number of carboxylic acid groups (broad SMARTS) is 1. The number of carbonyl (C=O) groups is 3. The van der Waals surface area contributed by atoms with Crippen molar-refractivity contribution in [3.63, 3.8) is 0 Å². The van der Waals surface area contributed by atoms with E-state index in [0.29, 0.717) is 22.6 Å². The van der Waals surface area contributed by atoms with Gasteiger partial charge >= 0.3 is 5.97 Å². The SMILES string of the molecule is CCC(Oc1cccc(/C=C2/SC(=O)N(Cc3ccccc3)C2=O)c1)C(=O)O. The monoisotopic (exact) mass is 397 g/mol. The van der Waals surface area contributed by atoms with Crippen LogP contribution in [-0.2, 0) is 16.1 Å². The summed E-state index contributed by atoms with van der Waals surface area (Å²) in [6, 6.07) is 16.1. The number of benzene rings is 2. The number of imide groups is 1. The number of ether oxygens (including phenoxy) is 1. The summed E-state index contributed by atoms with van der Waals surface area (Å²) in [5.74, 6) is -0.983. The van der Waals surface area contributed by atoms with Gasteiger partial charge in [-0.05, 0) is 47.5 Å². The molecule has 0 saturated carbocycles. The molecule has 1 saturated heterocycles. The van der Waals surface area contributed by atoms with Crippen LogP contribution in [0.15, 0.2) is 59.5 Å². The number of amides is 2. The first kappa shape index (κ1) is 19.7. The zero-order valence-electron chi connectivity index (χ0n) is 15.2. The second-order valence-electron chi connectivity index (χ2n) is 6.18. The van der Waals surface area contributed by atoms with E-state index in [0.717, 1.165) is 17.3 Å². The lowest BCUT2D eigenvalue weighted by Crippen LogP contribution is -2.27. The molecule has 1 aliphatic heterocycles. The van der Waals surface area contributed by atoms with Crippen molar-refractivity contribution < 1.29 is 24.2 Å². The van der Waals surface area contributed by atoms with Crippen LogP contribution in [0.3, 0.4) is 0 Å². The quantitative estimate of drug-likeness (QED) is 0.706. The predicted octanol–water partition coefficient (Wildman–Crippen LogP) is 4.17. The molecule has 0 aromatic heterocycles. The first-order chi connectivity index (χ1) is 13.5. The van der Waals surface area contributed by atoms with Crippen molar-refractivity contribution in [3.8, 4) is 5.75 Å². The van der Waals surface area contributed by atoms with E-state index in [1.54, 1.807) is 37.3 Å². The van der Waals surface area contributed by atoms with Crippen LogP contribution in [0.2, 0.25) is 0 Å². The Kier molecular flexibility index (Phi) is 6.16. The molecule has 7 heteroatoms. The molecule has 2 amide bonds. The second kappa shape index (κ2) is 8.75. The van der Waals surface area contributed by atoms with Gasteiger partial charge in [-0.2, -0.15) is 0 Å². The number of aliphatic carboxylic acids is 1. The van der Waals surface area contributed by atoms with Crippen LogP contribution < -0.4 is 4.74 Å². The molecule has 6 nitrogen and oxygen atoms in total. The third kappa shape index (κ3) is 4.61. The fraction of sp³-hybridized carbons (Fsp3) is 0.190. The van der Waals surface area contributed by atoms with Gasteiger partial charge in [0.2, 0.25) is 0 Å². The highest BCUT2D eigenvalue weighted by Crippen LogP contribution is 2.33. The molecule has 1 fully saturated rings. The molecule has 1 aliphatic rings. The van der Waals surface area contributed by atoms with Crippen LogP contribution >= 0.6 is 11.8 Å². The molecule has 144 valence electrons. The second-order valence-corrected chi connectivity index (χ2v) is 7.17. The molecule has 3 rings (SSSR count). The minimum Gasteiger partial charge on any atom is -0.479 e. The molecular formula is C21H19NO5S. The van der Waals surface area contributed by atoms with E-state index in [4.69, 9.17) is 9.84 Å². The minimum atomic E-state index is -1.03. The summed E-state index contributed by atoms with van der Waals surface area (Å²) in [6.07, 6.45) is 1.01. The third-order valence-electron chi connectivity index (χ3n) is 4.14. The molecule has 2 aromatic carbocycles. The number of hydrogen-bond acceptors (Lipinski definition) is 5. The van der Waals surface area contributed by atoms with Crippen LogP contribution in [0.4, 0.5) is 4.79 Å². The molecule has 0 spiro atoms. The van der Waals surface area contributed by atoms with Crippen LogP contribution in [0.25, 0.3) is 6.08 Å². The maximum atomic E-state index is 12.6. The number of carboxylic acids is 1. The average molecular weight is 397 g/mol. The van der Waals surface area contributed by atoms with Gasteiger partial charge in [-0.25, -0.2) is 4.79 Å². The van der Waals surface area contributed by atoms with E-state index in [1.165, 1.54) is 4.90 Å². The maximum absolute atomic E-state index is 12.6. The highest BCUT2D eigenvalue weighted by atomic mass is 32.2. The summed E-state index contributed by atoms with van der Waals surface area (Å²) >= 11 is 0.889. The summed E-state index contributed by atoms with van der Waals surface area (Å²) < 4.78 is 5.48. The van der Waals surface area contributed by atoms with Gasteiger partial charge in [-0.15, -0.1) is 0 Å². The van der Waals surface area contributed by atoms with E-state index < -0.39 is 12.1 Å². The first-order valence-electron chi connectivity index (χ1n) is 8.76. The molecule has 0 radical (unpaired) electrons. The Bertz CT molecular complexity index is 925. The number of nitrogens with zero attached hydrogens (tertiary/aromatic N) is 1. The molecule has 1 heterocycles. The standard InChI is InChI=1S/C21H19NO5S/c1-2-17(20(24)25)27-16-10-6-9-15(11-16)12-18-19(23)22(21(26)28-18)13-14-7-4-3-5-8-14/h3-12,17H,2,13H2,1H3,(H,24,25)/b18-12+. The van der Waals surface area contributed by atoms with Crippen LogP contribution in [0.5, 0.6) is 5.75 Å². The van der Waals surface area contributed by atoms with Crippen molar-refractivity contribution in [2.24, 2.45) is 0 Å². The maximum Gasteiger partial charge on any atom is 0.344 e.